The van der Waals surface area contributed by atoms with Gasteiger partial charge in [0.15, 0.2) is 0 Å². The molecule has 0 unspecified atom stereocenters. The fourth-order valence-corrected chi connectivity index (χ4v) is 1.82. The highest BCUT2D eigenvalue weighted by molar-refractivity contribution is 5.92. The topological polar surface area (TPSA) is 77.2 Å². The smallest absolute Gasteiger partial charge is 0.269 e. The maximum atomic E-state index is 11.8. The molecule has 1 fully saturated rings. The number of aromatic nitrogens is 1. The van der Waals surface area contributed by atoms with E-state index in [-0.39, 0.29) is 5.91 Å². The van der Waals surface area contributed by atoms with Crippen LogP contribution in [-0.4, -0.2) is 30.6 Å². The number of rotatable bonds is 3. The average molecular weight is 235 g/mol. The molecule has 1 aliphatic rings. The van der Waals surface area contributed by atoms with Gasteiger partial charge in [-0.15, -0.1) is 0 Å². The lowest BCUT2D eigenvalue weighted by Gasteiger charge is -2.22. The first-order valence-corrected chi connectivity index (χ1v) is 5.83. The normalized spacial score (nSPS) is 16.7. The van der Waals surface area contributed by atoms with Gasteiger partial charge in [-0.1, -0.05) is 0 Å². The van der Waals surface area contributed by atoms with Crippen LogP contribution in [0, 0.1) is 5.92 Å². The molecule has 5 heteroatoms. The van der Waals surface area contributed by atoms with E-state index < -0.39 is 0 Å². The van der Waals surface area contributed by atoms with Gasteiger partial charge in [0.05, 0.1) is 11.9 Å². The van der Waals surface area contributed by atoms with Gasteiger partial charge in [-0.25, -0.2) is 4.98 Å². The minimum atomic E-state index is -0.142. The van der Waals surface area contributed by atoms with Gasteiger partial charge >= 0.3 is 0 Å². The SMILES string of the molecule is Nc1ccc(C(=O)NCC2CCOCC2)nc1. The molecule has 2 heterocycles. The van der Waals surface area contributed by atoms with Crippen LogP contribution in [0.1, 0.15) is 23.3 Å². The second-order valence-electron chi connectivity index (χ2n) is 4.24. The van der Waals surface area contributed by atoms with E-state index in [0.717, 1.165) is 26.1 Å². The van der Waals surface area contributed by atoms with Crippen molar-refractivity contribution in [1.29, 1.82) is 0 Å². The van der Waals surface area contributed by atoms with Crippen LogP contribution in [0.2, 0.25) is 0 Å². The van der Waals surface area contributed by atoms with Gasteiger partial charge in [0, 0.05) is 19.8 Å². The summed E-state index contributed by atoms with van der Waals surface area (Å²) in [5, 5.41) is 2.89. The van der Waals surface area contributed by atoms with Crippen molar-refractivity contribution in [3.8, 4) is 0 Å². The highest BCUT2D eigenvalue weighted by atomic mass is 16.5. The average Bonchev–Trinajstić information content (AvgIpc) is 2.38. The Balaban J connectivity index is 1.82. The molecule has 17 heavy (non-hydrogen) atoms. The fraction of sp³-hybridized carbons (Fsp3) is 0.500. The fourth-order valence-electron chi connectivity index (χ4n) is 1.82. The number of nitrogens with zero attached hydrogens (tertiary/aromatic N) is 1. The van der Waals surface area contributed by atoms with E-state index in [0.29, 0.717) is 23.8 Å². The van der Waals surface area contributed by atoms with Gasteiger partial charge in [-0.05, 0) is 30.9 Å². The third-order valence-corrected chi connectivity index (χ3v) is 2.91. The molecule has 0 radical (unpaired) electrons. The summed E-state index contributed by atoms with van der Waals surface area (Å²) in [6.07, 6.45) is 3.51. The molecule has 3 N–H and O–H groups in total. The number of hydrogen-bond donors (Lipinski definition) is 2. The van der Waals surface area contributed by atoms with E-state index in [4.69, 9.17) is 10.5 Å². The van der Waals surface area contributed by atoms with E-state index in [2.05, 4.69) is 10.3 Å². The van der Waals surface area contributed by atoms with Crippen molar-refractivity contribution in [3.05, 3.63) is 24.0 Å². The van der Waals surface area contributed by atoms with Crippen molar-refractivity contribution in [2.75, 3.05) is 25.5 Å². The summed E-state index contributed by atoms with van der Waals surface area (Å²) in [5.41, 5.74) is 6.48. The number of hydrogen-bond acceptors (Lipinski definition) is 4. The van der Waals surface area contributed by atoms with Gasteiger partial charge in [0.25, 0.3) is 5.91 Å². The summed E-state index contributed by atoms with van der Waals surface area (Å²) in [6.45, 7) is 2.27. The molecular formula is C12H17N3O2. The molecule has 0 bridgehead atoms. The Morgan fingerprint density at radius 3 is 2.88 bits per heavy atom. The van der Waals surface area contributed by atoms with Crippen molar-refractivity contribution < 1.29 is 9.53 Å². The molecular weight excluding hydrogens is 218 g/mol. The zero-order valence-electron chi connectivity index (χ0n) is 9.69. The number of nitrogens with one attached hydrogen (secondary N) is 1. The lowest BCUT2D eigenvalue weighted by atomic mass is 10.0. The molecule has 1 aliphatic heterocycles. The maximum Gasteiger partial charge on any atom is 0.269 e. The van der Waals surface area contributed by atoms with Crippen LogP contribution >= 0.6 is 0 Å². The predicted octanol–water partition coefficient (Wildman–Crippen LogP) is 0.820. The monoisotopic (exact) mass is 235 g/mol. The van der Waals surface area contributed by atoms with Crippen LogP contribution in [0.4, 0.5) is 5.69 Å². The Morgan fingerprint density at radius 1 is 1.47 bits per heavy atom. The summed E-state index contributed by atoms with van der Waals surface area (Å²) < 4.78 is 5.27. The van der Waals surface area contributed by atoms with E-state index in [9.17, 15) is 4.79 Å². The molecule has 0 saturated carbocycles. The van der Waals surface area contributed by atoms with E-state index >= 15 is 0 Å². The second-order valence-corrected chi connectivity index (χ2v) is 4.24. The van der Waals surface area contributed by atoms with E-state index in [1.807, 2.05) is 0 Å². The van der Waals surface area contributed by atoms with Crippen LogP contribution < -0.4 is 11.1 Å². The third-order valence-electron chi connectivity index (χ3n) is 2.91. The molecule has 0 spiro atoms. The Hall–Kier alpha value is -1.62. The maximum absolute atomic E-state index is 11.8. The number of ether oxygens (including phenoxy) is 1. The van der Waals surface area contributed by atoms with Crippen LogP contribution in [0.25, 0.3) is 0 Å². The minimum absolute atomic E-state index is 0.142. The van der Waals surface area contributed by atoms with Crippen LogP contribution in [-0.2, 0) is 4.74 Å². The summed E-state index contributed by atoms with van der Waals surface area (Å²) in [5.74, 6) is 0.373. The van der Waals surface area contributed by atoms with Gasteiger partial charge in [-0.3, -0.25) is 4.79 Å². The standard InChI is InChI=1S/C12H17N3O2/c13-10-1-2-11(14-8-10)12(16)15-7-9-3-5-17-6-4-9/h1-2,8-9H,3-7,13H2,(H,15,16). The summed E-state index contributed by atoms with van der Waals surface area (Å²) in [4.78, 5) is 15.7. The van der Waals surface area contributed by atoms with Crippen molar-refractivity contribution >= 4 is 11.6 Å². The van der Waals surface area contributed by atoms with Gasteiger partial charge in [0.2, 0.25) is 0 Å². The highest BCUT2D eigenvalue weighted by Crippen LogP contribution is 2.13. The first-order valence-electron chi connectivity index (χ1n) is 5.83. The third kappa shape index (κ3) is 3.42. The zero-order chi connectivity index (χ0) is 12.1. The molecule has 2 rings (SSSR count). The molecule has 1 aromatic heterocycles. The van der Waals surface area contributed by atoms with Crippen molar-refractivity contribution in [2.24, 2.45) is 5.92 Å². The summed E-state index contributed by atoms with van der Waals surface area (Å²) >= 11 is 0. The van der Waals surface area contributed by atoms with E-state index in [1.54, 1.807) is 12.1 Å². The van der Waals surface area contributed by atoms with Gasteiger partial charge < -0.3 is 15.8 Å². The molecule has 0 aliphatic carbocycles. The first kappa shape index (κ1) is 11.9. The van der Waals surface area contributed by atoms with Crippen molar-refractivity contribution in [3.63, 3.8) is 0 Å². The number of amides is 1. The van der Waals surface area contributed by atoms with Crippen LogP contribution in [0.5, 0.6) is 0 Å². The minimum Gasteiger partial charge on any atom is -0.397 e. The number of nitrogen functional groups attached to an aromatic ring is 1. The summed E-state index contributed by atoms with van der Waals surface area (Å²) in [7, 11) is 0. The first-order chi connectivity index (χ1) is 8.25. The lowest BCUT2D eigenvalue weighted by molar-refractivity contribution is 0.0642. The number of carbonyl (C=O) groups is 1. The number of anilines is 1. The molecule has 92 valence electrons. The largest absolute Gasteiger partial charge is 0.397 e. The molecule has 1 saturated heterocycles. The van der Waals surface area contributed by atoms with E-state index in [1.165, 1.54) is 6.20 Å². The Labute approximate surface area is 100 Å². The van der Waals surface area contributed by atoms with Crippen LogP contribution in [0.15, 0.2) is 18.3 Å². The highest BCUT2D eigenvalue weighted by Gasteiger charge is 2.15. The Morgan fingerprint density at radius 2 is 2.24 bits per heavy atom. The van der Waals surface area contributed by atoms with Crippen molar-refractivity contribution in [2.45, 2.75) is 12.8 Å². The molecule has 1 amide bonds. The quantitative estimate of drug-likeness (QED) is 0.813. The van der Waals surface area contributed by atoms with Gasteiger partial charge in [-0.2, -0.15) is 0 Å². The second kappa shape index (κ2) is 5.63. The molecule has 5 nitrogen and oxygen atoms in total. The van der Waals surface area contributed by atoms with Crippen molar-refractivity contribution in [1.82, 2.24) is 10.3 Å². The Kier molecular flexibility index (Phi) is 3.93. The zero-order valence-corrected chi connectivity index (χ0v) is 9.69. The van der Waals surface area contributed by atoms with Gasteiger partial charge in [0.1, 0.15) is 5.69 Å². The number of nitrogens with two attached hydrogens (primary N) is 1. The predicted molar refractivity (Wildman–Crippen MR) is 64.5 cm³/mol. The lowest BCUT2D eigenvalue weighted by Crippen LogP contribution is -2.32. The van der Waals surface area contributed by atoms with Crippen LogP contribution in [0.3, 0.4) is 0 Å². The summed E-state index contributed by atoms with van der Waals surface area (Å²) in [6, 6.07) is 3.31. The molecule has 1 aromatic rings. The Bertz CT molecular complexity index is 372. The molecule has 0 atom stereocenters. The number of carbonyl (C=O) groups excluding carboxylic acids is 1. The number of pyridine rings is 1. The molecule has 0 aromatic carbocycles.